The van der Waals surface area contributed by atoms with Crippen molar-refractivity contribution in [2.24, 2.45) is 0 Å². The molecule has 0 saturated carbocycles. The van der Waals surface area contributed by atoms with Crippen LogP contribution in [0.25, 0.3) is 0 Å². The fraction of sp³-hybridized carbons (Fsp3) is 0.235. The lowest BCUT2D eigenvalue weighted by atomic mass is 10.3. The van der Waals surface area contributed by atoms with Gasteiger partial charge in [0, 0.05) is 11.1 Å². The molecule has 5 nitrogen and oxygen atoms in total. The summed E-state index contributed by atoms with van der Waals surface area (Å²) in [5.41, 5.74) is 0.423. The van der Waals surface area contributed by atoms with Crippen LogP contribution in [0.15, 0.2) is 59.5 Å². The Morgan fingerprint density at radius 3 is 2.21 bits per heavy atom. The van der Waals surface area contributed by atoms with Crippen LogP contribution in [0.3, 0.4) is 0 Å². The molecule has 0 aromatic heterocycles. The van der Waals surface area contributed by atoms with Crippen LogP contribution in [0.1, 0.15) is 13.8 Å². The van der Waals surface area contributed by atoms with Crippen LogP contribution in [0.5, 0.6) is 0 Å². The fourth-order valence-electron chi connectivity index (χ4n) is 2.14. The lowest BCUT2D eigenvalue weighted by Gasteiger charge is -2.24. The van der Waals surface area contributed by atoms with E-state index in [1.54, 1.807) is 30.3 Å². The average molecular weight is 367 g/mol. The van der Waals surface area contributed by atoms with Gasteiger partial charge < -0.3 is 5.32 Å². The Balaban J connectivity index is 2.41. The van der Waals surface area contributed by atoms with Gasteiger partial charge in [-0.05, 0) is 50.2 Å². The highest BCUT2D eigenvalue weighted by atomic mass is 35.5. The van der Waals surface area contributed by atoms with Gasteiger partial charge in [0.1, 0.15) is 6.54 Å². The number of halogens is 1. The number of nitrogens with one attached hydrogen (secondary N) is 1. The molecular formula is C17H19ClN2O3S. The number of carbonyl (C=O) groups excluding carboxylic acids is 1. The molecule has 0 unspecified atom stereocenters. The second kappa shape index (κ2) is 7.68. The molecule has 2 rings (SSSR count). The SMILES string of the molecule is CC(C)NC(=O)CN(c1ccccc1)S(=O)(=O)c1ccc(Cl)cc1. The van der Waals surface area contributed by atoms with E-state index >= 15 is 0 Å². The van der Waals surface area contributed by atoms with Crippen molar-refractivity contribution < 1.29 is 13.2 Å². The van der Waals surface area contributed by atoms with Gasteiger partial charge >= 0.3 is 0 Å². The van der Waals surface area contributed by atoms with Gasteiger partial charge in [0.05, 0.1) is 10.6 Å². The second-order valence-corrected chi connectivity index (χ2v) is 7.82. The highest BCUT2D eigenvalue weighted by Gasteiger charge is 2.27. The van der Waals surface area contributed by atoms with Crippen LogP contribution < -0.4 is 9.62 Å². The Morgan fingerprint density at radius 1 is 1.08 bits per heavy atom. The third kappa shape index (κ3) is 4.49. The zero-order valence-electron chi connectivity index (χ0n) is 13.4. The maximum Gasteiger partial charge on any atom is 0.264 e. The van der Waals surface area contributed by atoms with E-state index in [4.69, 9.17) is 11.6 Å². The van der Waals surface area contributed by atoms with E-state index in [0.29, 0.717) is 10.7 Å². The molecule has 1 N–H and O–H groups in total. The van der Waals surface area contributed by atoms with Gasteiger partial charge in [0.15, 0.2) is 0 Å². The maximum atomic E-state index is 13.0. The average Bonchev–Trinajstić information content (AvgIpc) is 2.53. The lowest BCUT2D eigenvalue weighted by molar-refractivity contribution is -0.120. The first-order chi connectivity index (χ1) is 11.3. The molecule has 1 amide bonds. The Bertz CT molecular complexity index is 790. The van der Waals surface area contributed by atoms with Crippen molar-refractivity contribution in [3.05, 3.63) is 59.6 Å². The number of sulfonamides is 1. The highest BCUT2D eigenvalue weighted by molar-refractivity contribution is 7.92. The normalized spacial score (nSPS) is 11.3. The van der Waals surface area contributed by atoms with E-state index in [-0.39, 0.29) is 23.4 Å². The number of amides is 1. The van der Waals surface area contributed by atoms with Crippen molar-refractivity contribution in [1.29, 1.82) is 0 Å². The zero-order valence-corrected chi connectivity index (χ0v) is 15.0. The van der Waals surface area contributed by atoms with E-state index in [9.17, 15) is 13.2 Å². The van der Waals surface area contributed by atoms with Crippen LogP contribution in [0.2, 0.25) is 5.02 Å². The van der Waals surface area contributed by atoms with Crippen molar-refractivity contribution >= 4 is 33.2 Å². The first-order valence-corrected chi connectivity index (χ1v) is 9.25. The van der Waals surface area contributed by atoms with E-state index in [1.165, 1.54) is 24.3 Å². The summed E-state index contributed by atoms with van der Waals surface area (Å²) in [6.45, 7) is 3.34. The number of para-hydroxylation sites is 1. The summed E-state index contributed by atoms with van der Waals surface area (Å²) in [6.07, 6.45) is 0. The molecule has 7 heteroatoms. The molecule has 128 valence electrons. The van der Waals surface area contributed by atoms with Gasteiger partial charge in [0.25, 0.3) is 10.0 Å². The summed E-state index contributed by atoms with van der Waals surface area (Å²) in [7, 11) is -3.89. The van der Waals surface area contributed by atoms with Gasteiger partial charge in [-0.1, -0.05) is 29.8 Å². The molecule has 0 saturated heterocycles. The monoisotopic (exact) mass is 366 g/mol. The van der Waals surface area contributed by atoms with Crippen molar-refractivity contribution in [1.82, 2.24) is 5.32 Å². The van der Waals surface area contributed by atoms with E-state index < -0.39 is 10.0 Å². The summed E-state index contributed by atoms with van der Waals surface area (Å²) in [6, 6.07) is 14.3. The summed E-state index contributed by atoms with van der Waals surface area (Å²) in [5.74, 6) is -0.369. The third-order valence-electron chi connectivity index (χ3n) is 3.18. The first kappa shape index (κ1) is 18.3. The van der Waals surface area contributed by atoms with Gasteiger partial charge in [-0.3, -0.25) is 9.10 Å². The standard InChI is InChI=1S/C17H19ClN2O3S/c1-13(2)19-17(21)12-20(15-6-4-3-5-7-15)24(22,23)16-10-8-14(18)9-11-16/h3-11,13H,12H2,1-2H3,(H,19,21). The third-order valence-corrected chi connectivity index (χ3v) is 5.22. The molecule has 0 aliphatic carbocycles. The molecule has 0 heterocycles. The van der Waals surface area contributed by atoms with Gasteiger partial charge in [0.2, 0.25) is 5.91 Å². The Morgan fingerprint density at radius 2 is 1.67 bits per heavy atom. The van der Waals surface area contributed by atoms with Crippen LogP contribution in [-0.4, -0.2) is 26.9 Å². The number of anilines is 1. The van der Waals surface area contributed by atoms with Crippen molar-refractivity contribution in [2.45, 2.75) is 24.8 Å². The minimum atomic E-state index is -3.89. The molecule has 2 aromatic rings. The topological polar surface area (TPSA) is 66.5 Å². The van der Waals surface area contributed by atoms with Crippen LogP contribution >= 0.6 is 11.6 Å². The van der Waals surface area contributed by atoms with E-state index in [1.807, 2.05) is 13.8 Å². The smallest absolute Gasteiger partial charge is 0.264 e. The molecule has 0 bridgehead atoms. The summed E-state index contributed by atoms with van der Waals surface area (Å²) in [5, 5.41) is 3.15. The van der Waals surface area contributed by atoms with Crippen molar-refractivity contribution in [3.8, 4) is 0 Å². The van der Waals surface area contributed by atoms with Crippen LogP contribution in [0.4, 0.5) is 5.69 Å². The number of carbonyl (C=O) groups is 1. The minimum absolute atomic E-state index is 0.0756. The van der Waals surface area contributed by atoms with Crippen LogP contribution in [-0.2, 0) is 14.8 Å². The summed E-state index contributed by atoms with van der Waals surface area (Å²) in [4.78, 5) is 12.2. The number of rotatable bonds is 6. The Hall–Kier alpha value is -2.05. The van der Waals surface area contributed by atoms with E-state index in [0.717, 1.165) is 4.31 Å². The van der Waals surface area contributed by atoms with Gasteiger partial charge in [-0.25, -0.2) is 8.42 Å². The van der Waals surface area contributed by atoms with Crippen LogP contribution in [0, 0.1) is 0 Å². The molecule has 2 aromatic carbocycles. The zero-order chi connectivity index (χ0) is 17.7. The number of benzene rings is 2. The molecule has 0 aliphatic rings. The summed E-state index contributed by atoms with van der Waals surface area (Å²) >= 11 is 5.83. The first-order valence-electron chi connectivity index (χ1n) is 7.43. The minimum Gasteiger partial charge on any atom is -0.352 e. The predicted octanol–water partition coefficient (Wildman–Crippen LogP) is 3.06. The molecular weight excluding hydrogens is 348 g/mol. The fourth-order valence-corrected chi connectivity index (χ4v) is 3.69. The Kier molecular flexibility index (Phi) is 5.85. The van der Waals surface area contributed by atoms with Crippen molar-refractivity contribution in [3.63, 3.8) is 0 Å². The predicted molar refractivity (Wildman–Crippen MR) is 95.7 cm³/mol. The van der Waals surface area contributed by atoms with Gasteiger partial charge in [-0.2, -0.15) is 0 Å². The largest absolute Gasteiger partial charge is 0.352 e. The van der Waals surface area contributed by atoms with E-state index in [2.05, 4.69) is 5.32 Å². The second-order valence-electron chi connectivity index (χ2n) is 5.52. The molecule has 0 fully saturated rings. The highest BCUT2D eigenvalue weighted by Crippen LogP contribution is 2.24. The molecule has 24 heavy (non-hydrogen) atoms. The number of hydrogen-bond donors (Lipinski definition) is 1. The molecule has 0 aliphatic heterocycles. The molecule has 0 radical (unpaired) electrons. The molecule has 0 atom stereocenters. The summed E-state index contributed by atoms with van der Waals surface area (Å²) < 4.78 is 27.0. The Labute approximate surface area is 147 Å². The quantitative estimate of drug-likeness (QED) is 0.854. The maximum absolute atomic E-state index is 13.0. The van der Waals surface area contributed by atoms with Gasteiger partial charge in [-0.15, -0.1) is 0 Å². The number of nitrogens with zero attached hydrogens (tertiary/aromatic N) is 1. The number of hydrogen-bond acceptors (Lipinski definition) is 3. The lowest BCUT2D eigenvalue weighted by Crippen LogP contribution is -2.42. The van der Waals surface area contributed by atoms with Crippen molar-refractivity contribution in [2.75, 3.05) is 10.8 Å². The molecule has 0 spiro atoms.